The molecule has 0 bridgehead atoms. The molecule has 0 amide bonds. The van der Waals surface area contributed by atoms with Crippen LogP contribution in [0.25, 0.3) is 0 Å². The summed E-state index contributed by atoms with van der Waals surface area (Å²) in [4.78, 5) is 0. The van der Waals surface area contributed by atoms with Gasteiger partial charge in [-0.2, -0.15) is 0 Å². The summed E-state index contributed by atoms with van der Waals surface area (Å²) in [5.41, 5.74) is 4.80. The Morgan fingerprint density at radius 1 is 1.11 bits per heavy atom. The highest BCUT2D eigenvalue weighted by Crippen LogP contribution is 2.28. The molecule has 0 aliphatic heterocycles. The van der Waals surface area contributed by atoms with E-state index in [1.165, 1.54) is 16.7 Å². The van der Waals surface area contributed by atoms with Gasteiger partial charge in [-0.25, -0.2) is 0 Å². The zero-order chi connectivity index (χ0) is 13.8. The molecule has 19 heavy (non-hydrogen) atoms. The summed E-state index contributed by atoms with van der Waals surface area (Å²) in [6.45, 7) is 5.01. The van der Waals surface area contributed by atoms with Crippen molar-refractivity contribution in [3.63, 3.8) is 0 Å². The lowest BCUT2D eigenvalue weighted by atomic mass is 10.0. The van der Waals surface area contributed by atoms with Crippen LogP contribution < -0.4 is 10.1 Å². The topological polar surface area (TPSA) is 21.3 Å². The van der Waals surface area contributed by atoms with Gasteiger partial charge in [0.1, 0.15) is 5.75 Å². The van der Waals surface area contributed by atoms with Crippen LogP contribution in [0.1, 0.15) is 16.7 Å². The van der Waals surface area contributed by atoms with E-state index in [4.69, 9.17) is 16.3 Å². The number of nitrogens with one attached hydrogen (secondary N) is 1. The maximum Gasteiger partial charge on any atom is 0.142 e. The minimum atomic E-state index is 0.699. The maximum atomic E-state index is 6.02. The molecule has 0 saturated carbocycles. The van der Waals surface area contributed by atoms with E-state index in [1.54, 1.807) is 7.11 Å². The third kappa shape index (κ3) is 3.21. The quantitative estimate of drug-likeness (QED) is 0.882. The van der Waals surface area contributed by atoms with Gasteiger partial charge in [0.2, 0.25) is 0 Å². The molecule has 0 saturated heterocycles. The van der Waals surface area contributed by atoms with Gasteiger partial charge in [0.05, 0.1) is 12.8 Å². The molecule has 2 rings (SSSR count). The van der Waals surface area contributed by atoms with Crippen molar-refractivity contribution < 1.29 is 4.74 Å². The summed E-state index contributed by atoms with van der Waals surface area (Å²) < 4.78 is 5.33. The van der Waals surface area contributed by atoms with Gasteiger partial charge in [-0.3, -0.25) is 0 Å². The van der Waals surface area contributed by atoms with E-state index in [0.29, 0.717) is 5.02 Å². The van der Waals surface area contributed by atoms with Crippen molar-refractivity contribution in [1.82, 2.24) is 0 Å². The summed E-state index contributed by atoms with van der Waals surface area (Å²) >= 11 is 6.02. The van der Waals surface area contributed by atoms with Gasteiger partial charge < -0.3 is 10.1 Å². The minimum absolute atomic E-state index is 0.699. The second-order valence-electron chi connectivity index (χ2n) is 4.57. The number of benzene rings is 2. The predicted molar refractivity (Wildman–Crippen MR) is 81.2 cm³/mol. The van der Waals surface area contributed by atoms with E-state index < -0.39 is 0 Å². The Balaban J connectivity index is 2.21. The average Bonchev–Trinajstić information content (AvgIpc) is 2.38. The van der Waals surface area contributed by atoms with Gasteiger partial charge in [-0.05, 0) is 48.7 Å². The van der Waals surface area contributed by atoms with Gasteiger partial charge in [0, 0.05) is 11.6 Å². The lowest BCUT2D eigenvalue weighted by molar-refractivity contribution is 0.416. The Hall–Kier alpha value is -1.67. The minimum Gasteiger partial charge on any atom is -0.495 e. The Bertz CT molecular complexity index is 561. The number of aryl methyl sites for hydroxylation is 2. The van der Waals surface area contributed by atoms with Crippen molar-refractivity contribution in [3.8, 4) is 5.75 Å². The summed E-state index contributed by atoms with van der Waals surface area (Å²) in [6.07, 6.45) is 0. The molecule has 0 fully saturated rings. The number of hydrogen-bond donors (Lipinski definition) is 1. The second-order valence-corrected chi connectivity index (χ2v) is 5.00. The molecular weight excluding hydrogens is 258 g/mol. The Labute approximate surface area is 119 Å². The Morgan fingerprint density at radius 3 is 2.42 bits per heavy atom. The van der Waals surface area contributed by atoms with Gasteiger partial charge in [0.15, 0.2) is 0 Å². The third-order valence-electron chi connectivity index (χ3n) is 3.26. The number of rotatable bonds is 4. The van der Waals surface area contributed by atoms with Crippen LogP contribution in [-0.4, -0.2) is 7.11 Å². The Kier molecular flexibility index (Phi) is 4.33. The maximum absolute atomic E-state index is 6.02. The van der Waals surface area contributed by atoms with E-state index in [0.717, 1.165) is 18.0 Å². The van der Waals surface area contributed by atoms with Crippen molar-refractivity contribution in [2.24, 2.45) is 0 Å². The number of methoxy groups -OCH3 is 1. The molecule has 0 atom stereocenters. The lowest BCUT2D eigenvalue weighted by Gasteiger charge is -2.14. The summed E-state index contributed by atoms with van der Waals surface area (Å²) in [5, 5.41) is 4.09. The summed E-state index contributed by atoms with van der Waals surface area (Å²) in [7, 11) is 1.66. The predicted octanol–water partition coefficient (Wildman–Crippen LogP) is 4.58. The third-order valence-corrected chi connectivity index (χ3v) is 3.50. The van der Waals surface area contributed by atoms with Gasteiger partial charge >= 0.3 is 0 Å². The van der Waals surface area contributed by atoms with Gasteiger partial charge in [-0.1, -0.05) is 29.8 Å². The fourth-order valence-electron chi connectivity index (χ4n) is 2.13. The highest BCUT2D eigenvalue weighted by Gasteiger charge is 2.06. The lowest BCUT2D eigenvalue weighted by Crippen LogP contribution is -2.04. The first-order valence-electron chi connectivity index (χ1n) is 6.24. The van der Waals surface area contributed by atoms with Crippen LogP contribution in [0.5, 0.6) is 5.75 Å². The van der Waals surface area contributed by atoms with Crippen molar-refractivity contribution in [2.45, 2.75) is 20.4 Å². The molecule has 3 heteroatoms. The largest absolute Gasteiger partial charge is 0.495 e. The monoisotopic (exact) mass is 275 g/mol. The molecule has 1 N–H and O–H groups in total. The molecule has 0 aliphatic carbocycles. The molecule has 2 aromatic carbocycles. The fraction of sp³-hybridized carbons (Fsp3) is 0.250. The van der Waals surface area contributed by atoms with E-state index in [9.17, 15) is 0 Å². The number of hydrogen-bond acceptors (Lipinski definition) is 2. The first-order chi connectivity index (χ1) is 9.11. The molecule has 0 unspecified atom stereocenters. The molecular formula is C16H18ClNO. The van der Waals surface area contributed by atoms with Crippen LogP contribution in [0.2, 0.25) is 5.02 Å². The summed E-state index contributed by atoms with van der Waals surface area (Å²) in [6, 6.07) is 11.9. The van der Waals surface area contributed by atoms with Crippen LogP contribution in [0.3, 0.4) is 0 Å². The van der Waals surface area contributed by atoms with E-state index >= 15 is 0 Å². The summed E-state index contributed by atoms with van der Waals surface area (Å²) in [5.74, 6) is 0.802. The zero-order valence-electron chi connectivity index (χ0n) is 11.5. The van der Waals surface area contributed by atoms with Gasteiger partial charge in [-0.15, -0.1) is 0 Å². The first kappa shape index (κ1) is 13.8. The zero-order valence-corrected chi connectivity index (χ0v) is 12.2. The highest BCUT2D eigenvalue weighted by molar-refractivity contribution is 6.30. The SMILES string of the molecule is COc1ccc(Cl)cc1NCc1c(C)cccc1C. The molecule has 0 radical (unpaired) electrons. The molecule has 2 aromatic rings. The van der Waals surface area contributed by atoms with Crippen LogP contribution in [-0.2, 0) is 6.54 Å². The number of ether oxygens (including phenoxy) is 1. The van der Waals surface area contributed by atoms with Crippen LogP contribution in [0.4, 0.5) is 5.69 Å². The highest BCUT2D eigenvalue weighted by atomic mass is 35.5. The van der Waals surface area contributed by atoms with E-state index in [2.05, 4.69) is 37.4 Å². The fourth-order valence-corrected chi connectivity index (χ4v) is 2.30. The van der Waals surface area contributed by atoms with Gasteiger partial charge in [0.25, 0.3) is 0 Å². The van der Waals surface area contributed by atoms with E-state index in [-0.39, 0.29) is 0 Å². The smallest absolute Gasteiger partial charge is 0.142 e. The molecule has 2 nitrogen and oxygen atoms in total. The Morgan fingerprint density at radius 2 is 1.79 bits per heavy atom. The van der Waals surface area contributed by atoms with Crippen molar-refractivity contribution in [2.75, 3.05) is 12.4 Å². The van der Waals surface area contributed by atoms with Crippen LogP contribution in [0.15, 0.2) is 36.4 Å². The normalized spacial score (nSPS) is 10.3. The molecule has 100 valence electrons. The van der Waals surface area contributed by atoms with Crippen LogP contribution >= 0.6 is 11.6 Å². The molecule has 0 aliphatic rings. The second kappa shape index (κ2) is 5.98. The average molecular weight is 276 g/mol. The standard InChI is InChI=1S/C16H18ClNO/c1-11-5-4-6-12(2)14(11)10-18-15-9-13(17)7-8-16(15)19-3/h4-9,18H,10H2,1-3H3. The van der Waals surface area contributed by atoms with Crippen molar-refractivity contribution in [3.05, 3.63) is 58.1 Å². The molecule has 0 aromatic heterocycles. The first-order valence-corrected chi connectivity index (χ1v) is 6.62. The van der Waals surface area contributed by atoms with E-state index in [1.807, 2.05) is 18.2 Å². The molecule has 0 heterocycles. The number of anilines is 1. The van der Waals surface area contributed by atoms with Crippen molar-refractivity contribution >= 4 is 17.3 Å². The van der Waals surface area contributed by atoms with Crippen LogP contribution in [0, 0.1) is 13.8 Å². The molecule has 0 spiro atoms. The van der Waals surface area contributed by atoms with Crippen molar-refractivity contribution in [1.29, 1.82) is 0 Å². The number of halogens is 1.